The fraction of sp³-hybridized carbons (Fsp3) is 0.389. The third kappa shape index (κ3) is 6.13. The van der Waals surface area contributed by atoms with Crippen molar-refractivity contribution in [3.05, 3.63) is 35.4 Å². The number of carbonyl (C=O) groups is 2. The molecule has 0 aliphatic heterocycles. The van der Waals surface area contributed by atoms with Crippen molar-refractivity contribution in [2.24, 2.45) is 0 Å². The molecule has 0 heterocycles. The summed E-state index contributed by atoms with van der Waals surface area (Å²) in [5.41, 5.74) is 0.487. The minimum absolute atomic E-state index is 0.0569. The van der Waals surface area contributed by atoms with Gasteiger partial charge in [0.25, 0.3) is 5.91 Å². The van der Waals surface area contributed by atoms with Gasteiger partial charge >= 0.3 is 5.97 Å². The van der Waals surface area contributed by atoms with E-state index < -0.39 is 12.6 Å². The van der Waals surface area contributed by atoms with E-state index in [0.717, 1.165) is 12.8 Å². The van der Waals surface area contributed by atoms with Crippen LogP contribution in [0.3, 0.4) is 0 Å². The molecule has 0 spiro atoms. The molecule has 1 aromatic carbocycles. The molecular weight excluding hydrogens is 308 g/mol. The molecule has 128 valence electrons. The van der Waals surface area contributed by atoms with Gasteiger partial charge in [0, 0.05) is 6.04 Å². The topological polar surface area (TPSA) is 88.4 Å². The first kappa shape index (κ1) is 19.2. The Labute approximate surface area is 142 Å². The first-order chi connectivity index (χ1) is 11.5. The molecule has 1 rings (SSSR count). The number of benzene rings is 1. The molecule has 0 saturated carbocycles. The number of nitrogens with one attached hydrogen (secondary N) is 1. The van der Waals surface area contributed by atoms with Gasteiger partial charge in [0.2, 0.25) is 0 Å². The molecule has 0 saturated heterocycles. The standard InChI is InChI=1S/C18H22N2O4/c1-4-15(5-2)20-17(21)12-24-18(22)14(11-19)10-13-6-8-16(23-3)9-7-13/h6-10,15H,4-5,12H2,1-3H3,(H,20,21)/b14-10+. The van der Waals surface area contributed by atoms with Gasteiger partial charge in [0.1, 0.15) is 17.4 Å². The Morgan fingerprint density at radius 2 is 1.88 bits per heavy atom. The summed E-state index contributed by atoms with van der Waals surface area (Å²) in [6, 6.07) is 8.70. The maximum absolute atomic E-state index is 11.9. The number of hydrogen-bond donors (Lipinski definition) is 1. The highest BCUT2D eigenvalue weighted by molar-refractivity contribution is 5.98. The normalized spacial score (nSPS) is 10.9. The summed E-state index contributed by atoms with van der Waals surface area (Å²) in [4.78, 5) is 23.6. The number of rotatable bonds is 8. The van der Waals surface area contributed by atoms with Gasteiger partial charge < -0.3 is 14.8 Å². The average Bonchev–Trinajstić information content (AvgIpc) is 2.62. The Kier molecular flexibility index (Phi) is 8.06. The monoisotopic (exact) mass is 330 g/mol. The van der Waals surface area contributed by atoms with E-state index in [9.17, 15) is 9.59 Å². The van der Waals surface area contributed by atoms with Crippen molar-refractivity contribution >= 4 is 18.0 Å². The molecule has 0 bridgehead atoms. The van der Waals surface area contributed by atoms with Gasteiger partial charge in [-0.05, 0) is 36.6 Å². The zero-order valence-electron chi connectivity index (χ0n) is 14.2. The summed E-state index contributed by atoms with van der Waals surface area (Å²) in [6.45, 7) is 3.52. The molecule has 6 heteroatoms. The number of amides is 1. The van der Waals surface area contributed by atoms with Crippen LogP contribution >= 0.6 is 0 Å². The van der Waals surface area contributed by atoms with Crippen LogP contribution in [0, 0.1) is 11.3 Å². The number of esters is 1. The summed E-state index contributed by atoms with van der Waals surface area (Å²) in [5.74, 6) is -0.530. The van der Waals surface area contributed by atoms with E-state index in [2.05, 4.69) is 5.32 Å². The highest BCUT2D eigenvalue weighted by Crippen LogP contribution is 2.14. The number of methoxy groups -OCH3 is 1. The second kappa shape index (κ2) is 10.1. The van der Waals surface area contributed by atoms with Gasteiger partial charge in [-0.25, -0.2) is 4.79 Å². The number of ether oxygens (including phenoxy) is 2. The second-order valence-electron chi connectivity index (χ2n) is 5.10. The van der Waals surface area contributed by atoms with Gasteiger partial charge in [-0.3, -0.25) is 4.79 Å². The number of carbonyl (C=O) groups excluding carboxylic acids is 2. The van der Waals surface area contributed by atoms with E-state index in [0.29, 0.717) is 11.3 Å². The SMILES string of the molecule is CCC(CC)NC(=O)COC(=O)/C(C#N)=C/c1ccc(OC)cc1. The Morgan fingerprint density at radius 1 is 1.25 bits per heavy atom. The van der Waals surface area contributed by atoms with Gasteiger partial charge in [-0.1, -0.05) is 26.0 Å². The lowest BCUT2D eigenvalue weighted by Crippen LogP contribution is -2.36. The average molecular weight is 330 g/mol. The van der Waals surface area contributed by atoms with Crippen LogP contribution in [0.4, 0.5) is 0 Å². The van der Waals surface area contributed by atoms with Crippen LogP contribution in [0.15, 0.2) is 29.8 Å². The zero-order chi connectivity index (χ0) is 17.9. The molecule has 0 radical (unpaired) electrons. The Morgan fingerprint density at radius 3 is 2.38 bits per heavy atom. The Hall–Kier alpha value is -2.81. The molecule has 0 aliphatic rings. The first-order valence-electron chi connectivity index (χ1n) is 7.76. The quantitative estimate of drug-likeness (QED) is 0.449. The highest BCUT2D eigenvalue weighted by atomic mass is 16.5. The first-order valence-corrected chi connectivity index (χ1v) is 7.76. The molecule has 0 atom stereocenters. The predicted molar refractivity (Wildman–Crippen MR) is 90.1 cm³/mol. The van der Waals surface area contributed by atoms with Gasteiger partial charge in [0.05, 0.1) is 7.11 Å². The van der Waals surface area contributed by atoms with Crippen LogP contribution in [-0.2, 0) is 14.3 Å². The Bertz CT molecular complexity index is 625. The van der Waals surface area contributed by atoms with Gasteiger partial charge in [0.15, 0.2) is 6.61 Å². The lowest BCUT2D eigenvalue weighted by atomic mass is 10.1. The highest BCUT2D eigenvalue weighted by Gasteiger charge is 2.14. The molecule has 0 unspecified atom stereocenters. The fourth-order valence-corrected chi connectivity index (χ4v) is 1.97. The minimum Gasteiger partial charge on any atom is -0.497 e. The Balaban J connectivity index is 2.64. The van der Waals surface area contributed by atoms with Crippen molar-refractivity contribution in [1.82, 2.24) is 5.32 Å². The molecule has 0 fully saturated rings. The van der Waals surface area contributed by atoms with Gasteiger partial charge in [-0.2, -0.15) is 5.26 Å². The van der Waals surface area contributed by atoms with Crippen molar-refractivity contribution in [2.75, 3.05) is 13.7 Å². The third-order valence-corrected chi connectivity index (χ3v) is 3.45. The van der Waals surface area contributed by atoms with E-state index in [1.807, 2.05) is 13.8 Å². The zero-order valence-corrected chi connectivity index (χ0v) is 14.2. The van der Waals surface area contributed by atoms with Crippen molar-refractivity contribution in [2.45, 2.75) is 32.7 Å². The maximum atomic E-state index is 11.9. The minimum atomic E-state index is -0.826. The smallest absolute Gasteiger partial charge is 0.349 e. The number of nitrogens with zero attached hydrogens (tertiary/aromatic N) is 1. The van der Waals surface area contributed by atoms with E-state index in [1.165, 1.54) is 6.08 Å². The largest absolute Gasteiger partial charge is 0.497 e. The number of hydrogen-bond acceptors (Lipinski definition) is 5. The molecule has 1 aromatic rings. The number of nitriles is 1. The van der Waals surface area contributed by atoms with Crippen LogP contribution in [0.1, 0.15) is 32.3 Å². The molecular formula is C18H22N2O4. The predicted octanol–water partition coefficient (Wildman–Crippen LogP) is 2.45. The van der Waals surface area contributed by atoms with Gasteiger partial charge in [-0.15, -0.1) is 0 Å². The lowest BCUT2D eigenvalue weighted by Gasteiger charge is -2.14. The molecule has 6 nitrogen and oxygen atoms in total. The van der Waals surface area contributed by atoms with E-state index >= 15 is 0 Å². The summed E-state index contributed by atoms with van der Waals surface area (Å²) in [7, 11) is 1.55. The van der Waals surface area contributed by atoms with Crippen LogP contribution in [0.5, 0.6) is 5.75 Å². The van der Waals surface area contributed by atoms with E-state index in [4.69, 9.17) is 14.7 Å². The van der Waals surface area contributed by atoms with Crippen LogP contribution in [-0.4, -0.2) is 31.6 Å². The van der Waals surface area contributed by atoms with Crippen molar-refractivity contribution < 1.29 is 19.1 Å². The van der Waals surface area contributed by atoms with E-state index in [-0.39, 0.29) is 17.5 Å². The molecule has 24 heavy (non-hydrogen) atoms. The van der Waals surface area contributed by atoms with Crippen LogP contribution < -0.4 is 10.1 Å². The van der Waals surface area contributed by atoms with E-state index in [1.54, 1.807) is 37.4 Å². The summed E-state index contributed by atoms with van der Waals surface area (Å²) < 4.78 is 9.94. The lowest BCUT2D eigenvalue weighted by molar-refractivity contribution is -0.144. The van der Waals surface area contributed by atoms with Crippen molar-refractivity contribution in [3.63, 3.8) is 0 Å². The fourth-order valence-electron chi connectivity index (χ4n) is 1.97. The van der Waals surface area contributed by atoms with Crippen molar-refractivity contribution in [3.8, 4) is 11.8 Å². The molecule has 0 aromatic heterocycles. The summed E-state index contributed by atoms with van der Waals surface area (Å²) in [6.07, 6.45) is 3.01. The summed E-state index contributed by atoms with van der Waals surface area (Å²) in [5, 5.41) is 11.9. The van der Waals surface area contributed by atoms with Crippen LogP contribution in [0.25, 0.3) is 6.08 Å². The van der Waals surface area contributed by atoms with Crippen LogP contribution in [0.2, 0.25) is 0 Å². The van der Waals surface area contributed by atoms with Crippen molar-refractivity contribution in [1.29, 1.82) is 5.26 Å². The third-order valence-electron chi connectivity index (χ3n) is 3.45. The summed E-state index contributed by atoms with van der Waals surface area (Å²) >= 11 is 0. The molecule has 1 amide bonds. The molecule has 1 N–H and O–H groups in total. The maximum Gasteiger partial charge on any atom is 0.349 e. The second-order valence-corrected chi connectivity index (χ2v) is 5.10. The molecule has 0 aliphatic carbocycles.